The van der Waals surface area contributed by atoms with Crippen LogP contribution in [0.3, 0.4) is 0 Å². The quantitative estimate of drug-likeness (QED) is 0.782. The summed E-state index contributed by atoms with van der Waals surface area (Å²) >= 11 is 0. The van der Waals surface area contributed by atoms with Gasteiger partial charge in [0.05, 0.1) is 12.6 Å². The van der Waals surface area contributed by atoms with Crippen LogP contribution in [-0.4, -0.2) is 42.3 Å². The number of Topliss-reactive ketones (excluding diaryl/α,β-unsaturated/α-hetero) is 1. The maximum atomic E-state index is 12.4. The second kappa shape index (κ2) is 9.58. The third kappa shape index (κ3) is 6.08. The summed E-state index contributed by atoms with van der Waals surface area (Å²) in [5.74, 6) is -0.0535. The molecule has 132 valence electrons. The highest BCUT2D eigenvalue weighted by Crippen LogP contribution is 2.20. The van der Waals surface area contributed by atoms with Gasteiger partial charge in [0, 0.05) is 6.04 Å². The average molecular weight is 330 g/mol. The molecule has 2 rings (SSSR count). The van der Waals surface area contributed by atoms with Gasteiger partial charge in [-0.15, -0.1) is 0 Å². The number of nitrogens with one attached hydrogen (secondary N) is 1. The van der Waals surface area contributed by atoms with Crippen LogP contribution in [0.2, 0.25) is 0 Å². The minimum absolute atomic E-state index is 0.00400. The standard InChI is InChI=1S/C20H30N2O2/c1-16(23)19(14-17-10-6-5-7-11-17)21-20(24)15-22(2)18-12-8-3-4-9-13-18/h5-7,10-11,18-19H,3-4,8-9,12-15H2,1-2H3,(H,21,24). The second-order valence-corrected chi connectivity index (χ2v) is 6.98. The smallest absolute Gasteiger partial charge is 0.234 e. The molecule has 1 unspecified atom stereocenters. The van der Waals surface area contributed by atoms with Gasteiger partial charge in [0.25, 0.3) is 0 Å². The molecule has 1 amide bonds. The molecular formula is C20H30N2O2. The van der Waals surface area contributed by atoms with Crippen LogP contribution in [0.25, 0.3) is 0 Å². The van der Waals surface area contributed by atoms with Crippen molar-refractivity contribution in [3.8, 4) is 0 Å². The number of rotatable bonds is 7. The number of carbonyl (C=O) groups is 2. The van der Waals surface area contributed by atoms with E-state index in [1.54, 1.807) is 6.92 Å². The SMILES string of the molecule is CC(=O)C(Cc1ccccc1)NC(=O)CN(C)C1CCCCCC1. The molecule has 4 nitrogen and oxygen atoms in total. The zero-order chi connectivity index (χ0) is 17.4. The molecule has 24 heavy (non-hydrogen) atoms. The Morgan fingerprint density at radius 2 is 1.75 bits per heavy atom. The Kier molecular flexibility index (Phi) is 7.44. The van der Waals surface area contributed by atoms with Crippen molar-refractivity contribution in [2.45, 2.75) is 64.0 Å². The molecule has 0 bridgehead atoms. The highest BCUT2D eigenvalue weighted by Gasteiger charge is 2.22. The molecule has 1 aromatic carbocycles. The molecule has 0 radical (unpaired) electrons. The maximum Gasteiger partial charge on any atom is 0.234 e. The fraction of sp³-hybridized carbons (Fsp3) is 0.600. The van der Waals surface area contributed by atoms with Gasteiger partial charge in [-0.25, -0.2) is 0 Å². The lowest BCUT2D eigenvalue weighted by molar-refractivity contribution is -0.127. The van der Waals surface area contributed by atoms with Crippen LogP contribution in [0, 0.1) is 0 Å². The minimum atomic E-state index is -0.442. The van der Waals surface area contributed by atoms with Crippen molar-refractivity contribution in [3.05, 3.63) is 35.9 Å². The first-order chi connectivity index (χ1) is 11.6. The van der Waals surface area contributed by atoms with Gasteiger partial charge in [0.1, 0.15) is 0 Å². The van der Waals surface area contributed by atoms with Crippen LogP contribution >= 0.6 is 0 Å². The van der Waals surface area contributed by atoms with Gasteiger partial charge in [-0.3, -0.25) is 14.5 Å². The van der Waals surface area contributed by atoms with Crippen LogP contribution in [-0.2, 0) is 16.0 Å². The molecule has 0 saturated heterocycles. The Labute approximate surface area is 145 Å². The van der Waals surface area contributed by atoms with E-state index in [2.05, 4.69) is 10.2 Å². The molecule has 0 aliphatic heterocycles. The van der Waals surface area contributed by atoms with Gasteiger partial charge in [-0.05, 0) is 38.8 Å². The van der Waals surface area contributed by atoms with E-state index in [4.69, 9.17) is 0 Å². The zero-order valence-corrected chi connectivity index (χ0v) is 15.0. The largest absolute Gasteiger partial charge is 0.345 e. The van der Waals surface area contributed by atoms with Gasteiger partial charge < -0.3 is 5.32 Å². The lowest BCUT2D eigenvalue weighted by Gasteiger charge is -2.27. The summed E-state index contributed by atoms with van der Waals surface area (Å²) in [5.41, 5.74) is 1.06. The predicted molar refractivity (Wildman–Crippen MR) is 96.9 cm³/mol. The highest BCUT2D eigenvalue weighted by molar-refractivity contribution is 5.88. The summed E-state index contributed by atoms with van der Waals surface area (Å²) in [6.07, 6.45) is 8.00. The molecule has 1 aliphatic rings. The number of hydrogen-bond donors (Lipinski definition) is 1. The van der Waals surface area contributed by atoms with E-state index in [1.807, 2.05) is 37.4 Å². The number of amides is 1. The van der Waals surface area contributed by atoms with E-state index >= 15 is 0 Å². The Bertz CT molecular complexity index is 522. The summed E-state index contributed by atoms with van der Waals surface area (Å²) in [4.78, 5) is 26.4. The highest BCUT2D eigenvalue weighted by atomic mass is 16.2. The molecule has 1 atom stereocenters. The number of likely N-dealkylation sites (N-methyl/N-ethyl adjacent to an activating group) is 1. The monoisotopic (exact) mass is 330 g/mol. The summed E-state index contributed by atoms with van der Waals surface area (Å²) in [7, 11) is 2.02. The molecule has 1 saturated carbocycles. The van der Waals surface area contributed by atoms with Gasteiger partial charge in [-0.2, -0.15) is 0 Å². The Balaban J connectivity index is 1.86. The predicted octanol–water partition coefficient (Wildman–Crippen LogP) is 2.96. The van der Waals surface area contributed by atoms with Crippen LogP contribution in [0.1, 0.15) is 51.0 Å². The minimum Gasteiger partial charge on any atom is -0.345 e. The van der Waals surface area contributed by atoms with E-state index in [0.717, 1.165) is 5.56 Å². The van der Waals surface area contributed by atoms with Crippen molar-refractivity contribution in [1.29, 1.82) is 0 Å². The average Bonchev–Trinajstić information content (AvgIpc) is 2.84. The molecule has 1 aliphatic carbocycles. The van der Waals surface area contributed by atoms with Gasteiger partial charge in [-0.1, -0.05) is 56.0 Å². The van der Waals surface area contributed by atoms with E-state index < -0.39 is 6.04 Å². The van der Waals surface area contributed by atoms with Gasteiger partial charge in [0.2, 0.25) is 5.91 Å². The first-order valence-corrected chi connectivity index (χ1v) is 9.10. The topological polar surface area (TPSA) is 49.4 Å². The fourth-order valence-electron chi connectivity index (χ4n) is 3.44. The first-order valence-electron chi connectivity index (χ1n) is 9.10. The first kappa shape index (κ1) is 18.7. The maximum absolute atomic E-state index is 12.4. The van der Waals surface area contributed by atoms with Gasteiger partial charge >= 0.3 is 0 Å². The Morgan fingerprint density at radius 3 is 2.33 bits per heavy atom. The van der Waals surface area contributed by atoms with Crippen molar-refractivity contribution in [1.82, 2.24) is 10.2 Å². The number of carbonyl (C=O) groups excluding carboxylic acids is 2. The number of hydrogen-bond acceptors (Lipinski definition) is 3. The molecule has 1 fully saturated rings. The van der Waals surface area contributed by atoms with E-state index in [1.165, 1.54) is 38.5 Å². The molecule has 4 heteroatoms. The normalized spacial score (nSPS) is 17.3. The molecule has 0 spiro atoms. The van der Waals surface area contributed by atoms with E-state index in [-0.39, 0.29) is 11.7 Å². The number of ketones is 1. The number of benzene rings is 1. The molecule has 1 aromatic rings. The van der Waals surface area contributed by atoms with Crippen LogP contribution in [0.4, 0.5) is 0 Å². The summed E-state index contributed by atoms with van der Waals surface area (Å²) in [6, 6.07) is 9.87. The van der Waals surface area contributed by atoms with Crippen LogP contribution in [0.5, 0.6) is 0 Å². The lowest BCUT2D eigenvalue weighted by Crippen LogP contribution is -2.47. The molecule has 1 N–H and O–H groups in total. The Morgan fingerprint density at radius 1 is 1.12 bits per heavy atom. The molecule has 0 aromatic heterocycles. The zero-order valence-electron chi connectivity index (χ0n) is 15.0. The third-order valence-electron chi connectivity index (χ3n) is 4.95. The van der Waals surface area contributed by atoms with Crippen LogP contribution in [0.15, 0.2) is 30.3 Å². The van der Waals surface area contributed by atoms with Crippen molar-refractivity contribution >= 4 is 11.7 Å². The third-order valence-corrected chi connectivity index (χ3v) is 4.95. The van der Waals surface area contributed by atoms with Crippen molar-refractivity contribution in [2.24, 2.45) is 0 Å². The number of nitrogens with zero attached hydrogens (tertiary/aromatic N) is 1. The summed E-state index contributed by atoms with van der Waals surface area (Å²) < 4.78 is 0. The Hall–Kier alpha value is -1.68. The summed E-state index contributed by atoms with van der Waals surface area (Å²) in [5, 5.41) is 2.92. The second-order valence-electron chi connectivity index (χ2n) is 6.98. The lowest BCUT2D eigenvalue weighted by atomic mass is 10.0. The van der Waals surface area contributed by atoms with Crippen LogP contribution < -0.4 is 5.32 Å². The van der Waals surface area contributed by atoms with Crippen molar-refractivity contribution in [2.75, 3.05) is 13.6 Å². The summed E-state index contributed by atoms with van der Waals surface area (Å²) in [6.45, 7) is 1.91. The molecule has 0 heterocycles. The van der Waals surface area contributed by atoms with Gasteiger partial charge in [0.15, 0.2) is 5.78 Å². The van der Waals surface area contributed by atoms with Crippen molar-refractivity contribution in [3.63, 3.8) is 0 Å². The van der Waals surface area contributed by atoms with E-state index in [0.29, 0.717) is 19.0 Å². The molecular weight excluding hydrogens is 300 g/mol. The van der Waals surface area contributed by atoms with E-state index in [9.17, 15) is 9.59 Å². The van der Waals surface area contributed by atoms with Crippen molar-refractivity contribution < 1.29 is 9.59 Å². The fourth-order valence-corrected chi connectivity index (χ4v) is 3.44.